The molecule has 3 heteroatoms. The summed E-state index contributed by atoms with van der Waals surface area (Å²) in [5.74, 6) is 3.28. The summed E-state index contributed by atoms with van der Waals surface area (Å²) in [6.07, 6.45) is 5.13. The highest BCUT2D eigenvalue weighted by molar-refractivity contribution is 5.85. The van der Waals surface area contributed by atoms with E-state index in [1.807, 2.05) is 18.2 Å². The first kappa shape index (κ1) is 14.8. The third kappa shape index (κ3) is 5.65. The van der Waals surface area contributed by atoms with E-state index in [4.69, 9.17) is 11.2 Å². The minimum Gasteiger partial charge on any atom is -0.481 e. The zero-order valence-electron chi connectivity index (χ0n) is 9.69. The van der Waals surface area contributed by atoms with Crippen molar-refractivity contribution < 1.29 is 4.74 Å². The zero-order valence-corrected chi connectivity index (χ0v) is 10.5. The molecule has 0 aliphatic heterocycles. The second-order valence-electron chi connectivity index (χ2n) is 3.68. The Balaban J connectivity index is 0.00000225. The summed E-state index contributed by atoms with van der Waals surface area (Å²) in [4.78, 5) is 0. The second kappa shape index (κ2) is 8.04. The molecule has 0 fully saturated rings. The number of benzene rings is 1. The minimum atomic E-state index is 0. The Morgan fingerprint density at radius 2 is 2.19 bits per heavy atom. The fourth-order valence-electron chi connectivity index (χ4n) is 1.19. The van der Waals surface area contributed by atoms with Crippen molar-refractivity contribution in [1.82, 2.24) is 5.32 Å². The maximum atomic E-state index is 5.34. The summed E-state index contributed by atoms with van der Waals surface area (Å²) in [5.41, 5.74) is 1.21. The average molecular weight is 240 g/mol. The van der Waals surface area contributed by atoms with E-state index < -0.39 is 0 Å². The predicted octanol–water partition coefficient (Wildman–Crippen LogP) is 2.62. The SMILES string of the molecule is C#CCOc1cccc(CNC(C)C)c1.Cl. The van der Waals surface area contributed by atoms with Gasteiger partial charge in [0.25, 0.3) is 0 Å². The lowest BCUT2D eigenvalue weighted by Gasteiger charge is -2.09. The van der Waals surface area contributed by atoms with Crippen LogP contribution in [0.4, 0.5) is 0 Å². The van der Waals surface area contributed by atoms with Crippen molar-refractivity contribution in [2.45, 2.75) is 26.4 Å². The summed E-state index contributed by atoms with van der Waals surface area (Å²) in [6.45, 7) is 5.42. The van der Waals surface area contributed by atoms with Gasteiger partial charge in [-0.3, -0.25) is 0 Å². The van der Waals surface area contributed by atoms with Gasteiger partial charge in [-0.15, -0.1) is 18.8 Å². The van der Waals surface area contributed by atoms with E-state index in [2.05, 4.69) is 31.2 Å². The number of hydrogen-bond donors (Lipinski definition) is 1. The van der Waals surface area contributed by atoms with Crippen molar-refractivity contribution in [3.63, 3.8) is 0 Å². The van der Waals surface area contributed by atoms with Crippen LogP contribution in [0, 0.1) is 12.3 Å². The quantitative estimate of drug-likeness (QED) is 0.798. The van der Waals surface area contributed by atoms with E-state index in [-0.39, 0.29) is 12.4 Å². The van der Waals surface area contributed by atoms with Gasteiger partial charge in [0.15, 0.2) is 0 Å². The predicted molar refractivity (Wildman–Crippen MR) is 70.0 cm³/mol. The molecule has 1 N–H and O–H groups in total. The summed E-state index contributed by atoms with van der Waals surface area (Å²) in [6, 6.07) is 8.45. The molecule has 0 saturated heterocycles. The van der Waals surface area contributed by atoms with Crippen LogP contribution in [-0.4, -0.2) is 12.6 Å². The largest absolute Gasteiger partial charge is 0.481 e. The molecule has 0 atom stereocenters. The maximum absolute atomic E-state index is 5.34. The minimum absolute atomic E-state index is 0. The molecular weight excluding hydrogens is 222 g/mol. The molecule has 0 aliphatic carbocycles. The Morgan fingerprint density at radius 3 is 2.81 bits per heavy atom. The number of halogens is 1. The molecule has 0 spiro atoms. The van der Waals surface area contributed by atoms with Gasteiger partial charge in [-0.2, -0.15) is 0 Å². The lowest BCUT2D eigenvalue weighted by atomic mass is 10.2. The Kier molecular flexibility index (Phi) is 7.45. The highest BCUT2D eigenvalue weighted by Gasteiger charge is 1.97. The van der Waals surface area contributed by atoms with Crippen molar-refractivity contribution in [1.29, 1.82) is 0 Å². The number of ether oxygens (including phenoxy) is 1. The van der Waals surface area contributed by atoms with Gasteiger partial charge in [0.05, 0.1) is 0 Å². The normalized spacial score (nSPS) is 9.38. The first-order valence-electron chi connectivity index (χ1n) is 5.11. The smallest absolute Gasteiger partial charge is 0.148 e. The van der Waals surface area contributed by atoms with Crippen molar-refractivity contribution in [3.8, 4) is 18.1 Å². The molecule has 88 valence electrons. The van der Waals surface area contributed by atoms with Crippen LogP contribution in [0.5, 0.6) is 5.75 Å². The van der Waals surface area contributed by atoms with Gasteiger partial charge in [-0.1, -0.05) is 31.9 Å². The fraction of sp³-hybridized carbons (Fsp3) is 0.385. The molecule has 2 nitrogen and oxygen atoms in total. The standard InChI is InChI=1S/C13H17NO.ClH/c1-4-8-15-13-7-5-6-12(9-13)10-14-11(2)3;/h1,5-7,9,11,14H,8,10H2,2-3H3;1H. The van der Waals surface area contributed by atoms with Crippen molar-refractivity contribution >= 4 is 12.4 Å². The zero-order chi connectivity index (χ0) is 11.1. The number of terminal acetylenes is 1. The first-order valence-corrected chi connectivity index (χ1v) is 5.11. The van der Waals surface area contributed by atoms with Crippen molar-refractivity contribution in [2.24, 2.45) is 0 Å². The van der Waals surface area contributed by atoms with Gasteiger partial charge >= 0.3 is 0 Å². The second-order valence-corrected chi connectivity index (χ2v) is 3.68. The van der Waals surface area contributed by atoms with Crippen LogP contribution in [0.1, 0.15) is 19.4 Å². The lowest BCUT2D eigenvalue weighted by Crippen LogP contribution is -2.21. The van der Waals surface area contributed by atoms with E-state index in [0.29, 0.717) is 12.6 Å². The maximum Gasteiger partial charge on any atom is 0.148 e. The lowest BCUT2D eigenvalue weighted by molar-refractivity contribution is 0.370. The topological polar surface area (TPSA) is 21.3 Å². The average Bonchev–Trinajstić information content (AvgIpc) is 2.24. The van der Waals surface area contributed by atoms with E-state index >= 15 is 0 Å². The molecule has 1 aromatic rings. The van der Waals surface area contributed by atoms with Gasteiger partial charge in [-0.25, -0.2) is 0 Å². The van der Waals surface area contributed by atoms with Gasteiger partial charge < -0.3 is 10.1 Å². The van der Waals surface area contributed by atoms with Crippen LogP contribution in [0.3, 0.4) is 0 Å². The van der Waals surface area contributed by atoms with E-state index in [1.165, 1.54) is 5.56 Å². The highest BCUT2D eigenvalue weighted by atomic mass is 35.5. The van der Waals surface area contributed by atoms with Crippen molar-refractivity contribution in [2.75, 3.05) is 6.61 Å². The van der Waals surface area contributed by atoms with Gasteiger partial charge in [0.2, 0.25) is 0 Å². The first-order chi connectivity index (χ1) is 7.22. The van der Waals surface area contributed by atoms with Crippen LogP contribution < -0.4 is 10.1 Å². The van der Waals surface area contributed by atoms with E-state index in [1.54, 1.807) is 0 Å². The number of hydrogen-bond acceptors (Lipinski definition) is 2. The van der Waals surface area contributed by atoms with Crippen LogP contribution in [0.2, 0.25) is 0 Å². The summed E-state index contributed by atoms with van der Waals surface area (Å²) in [7, 11) is 0. The number of nitrogens with one attached hydrogen (secondary N) is 1. The van der Waals surface area contributed by atoms with Crippen LogP contribution in [0.15, 0.2) is 24.3 Å². The molecule has 0 heterocycles. The molecule has 1 aromatic carbocycles. The van der Waals surface area contributed by atoms with Gasteiger partial charge in [0, 0.05) is 12.6 Å². The highest BCUT2D eigenvalue weighted by Crippen LogP contribution is 2.12. The molecule has 0 amide bonds. The molecule has 16 heavy (non-hydrogen) atoms. The Morgan fingerprint density at radius 1 is 1.44 bits per heavy atom. The van der Waals surface area contributed by atoms with Crippen molar-refractivity contribution in [3.05, 3.63) is 29.8 Å². The molecule has 0 saturated carbocycles. The molecule has 0 bridgehead atoms. The molecule has 0 unspecified atom stereocenters. The Labute approximate surface area is 104 Å². The van der Waals surface area contributed by atoms with Crippen LogP contribution in [-0.2, 0) is 6.54 Å². The molecule has 0 aromatic heterocycles. The third-order valence-corrected chi connectivity index (χ3v) is 1.94. The molecule has 0 aliphatic rings. The van der Waals surface area contributed by atoms with Crippen LogP contribution in [0.25, 0.3) is 0 Å². The van der Waals surface area contributed by atoms with Gasteiger partial charge in [-0.05, 0) is 17.7 Å². The fourth-order valence-corrected chi connectivity index (χ4v) is 1.19. The number of rotatable bonds is 5. The third-order valence-electron chi connectivity index (χ3n) is 1.94. The molecule has 0 radical (unpaired) electrons. The summed E-state index contributed by atoms with van der Waals surface area (Å²) in [5, 5.41) is 3.35. The van der Waals surface area contributed by atoms with E-state index in [0.717, 1.165) is 12.3 Å². The Bertz CT molecular complexity index is 344. The summed E-state index contributed by atoms with van der Waals surface area (Å²) >= 11 is 0. The van der Waals surface area contributed by atoms with Crippen LogP contribution >= 0.6 is 12.4 Å². The summed E-state index contributed by atoms with van der Waals surface area (Å²) < 4.78 is 5.34. The Hall–Kier alpha value is -1.17. The molecular formula is C13H18ClNO. The van der Waals surface area contributed by atoms with E-state index in [9.17, 15) is 0 Å². The molecule has 1 rings (SSSR count). The van der Waals surface area contributed by atoms with Gasteiger partial charge in [0.1, 0.15) is 12.4 Å². The monoisotopic (exact) mass is 239 g/mol.